The lowest BCUT2D eigenvalue weighted by atomic mass is 9.69. The Hall–Kier alpha value is -2.30. The highest BCUT2D eigenvalue weighted by Gasteiger charge is 2.45. The molecule has 0 radical (unpaired) electrons. The van der Waals surface area contributed by atoms with Crippen molar-refractivity contribution in [1.29, 1.82) is 0 Å². The number of rotatable bonds is 3. The Balaban J connectivity index is 1.92. The van der Waals surface area contributed by atoms with E-state index in [2.05, 4.69) is 13.8 Å². The third kappa shape index (κ3) is 3.63. The van der Waals surface area contributed by atoms with E-state index in [9.17, 15) is 9.59 Å². The van der Waals surface area contributed by atoms with Gasteiger partial charge < -0.3 is 4.74 Å². The van der Waals surface area contributed by atoms with Crippen LogP contribution >= 0.6 is 23.2 Å². The molecular weight excluding hydrogens is 421 g/mol. The smallest absolute Gasteiger partial charge is 0.232 e. The van der Waals surface area contributed by atoms with Crippen LogP contribution in [0.5, 0.6) is 5.75 Å². The number of allylic oxidation sites excluding steroid dienone is 2. The number of ether oxygens (including phenoxy) is 1. The molecule has 1 aliphatic carbocycles. The predicted molar refractivity (Wildman–Crippen MR) is 119 cm³/mol. The number of Topliss-reactive ketones (excluding diaryl/α,β-unsaturated/α-hetero) is 1. The fourth-order valence-electron chi connectivity index (χ4n) is 4.56. The summed E-state index contributed by atoms with van der Waals surface area (Å²) in [5.74, 6) is 0.359. The van der Waals surface area contributed by atoms with Crippen LogP contribution in [0.4, 0.5) is 5.69 Å². The minimum atomic E-state index is -0.328. The van der Waals surface area contributed by atoms with Crippen LogP contribution < -0.4 is 9.64 Å². The van der Waals surface area contributed by atoms with Gasteiger partial charge in [-0.1, -0.05) is 55.2 Å². The normalized spacial score (nSPS) is 21.0. The molecule has 156 valence electrons. The van der Waals surface area contributed by atoms with Gasteiger partial charge in [-0.3, -0.25) is 14.5 Å². The molecule has 0 saturated heterocycles. The van der Waals surface area contributed by atoms with Gasteiger partial charge in [-0.2, -0.15) is 0 Å². The molecular formula is C24H23Cl2NO3. The summed E-state index contributed by atoms with van der Waals surface area (Å²) in [7, 11) is 1.60. The fraction of sp³-hybridized carbons (Fsp3) is 0.333. The van der Waals surface area contributed by atoms with Crippen molar-refractivity contribution in [3.05, 3.63) is 69.3 Å². The molecule has 1 amide bonds. The molecule has 1 atom stereocenters. The van der Waals surface area contributed by atoms with E-state index in [1.807, 2.05) is 24.3 Å². The number of carbonyl (C=O) groups excluding carboxylic acids is 2. The van der Waals surface area contributed by atoms with E-state index in [-0.39, 0.29) is 29.4 Å². The highest BCUT2D eigenvalue weighted by atomic mass is 35.5. The zero-order chi connectivity index (χ0) is 21.6. The molecule has 6 heteroatoms. The Bertz CT molecular complexity index is 1070. The minimum Gasteiger partial charge on any atom is -0.496 e. The number of ketones is 1. The van der Waals surface area contributed by atoms with Gasteiger partial charge in [0.05, 0.1) is 22.8 Å². The van der Waals surface area contributed by atoms with Gasteiger partial charge in [0.2, 0.25) is 5.91 Å². The SMILES string of the molecule is COc1ccccc1C1CC(=O)N(c2ccc(Cl)c(Cl)c2)C2=C1C(=O)CC(C)(C)C2. The Morgan fingerprint density at radius 3 is 2.47 bits per heavy atom. The van der Waals surface area contributed by atoms with Gasteiger partial charge in [-0.15, -0.1) is 0 Å². The summed E-state index contributed by atoms with van der Waals surface area (Å²) in [5, 5.41) is 0.795. The molecule has 2 aromatic rings. The van der Waals surface area contributed by atoms with E-state index < -0.39 is 0 Å². The largest absolute Gasteiger partial charge is 0.496 e. The van der Waals surface area contributed by atoms with Gasteiger partial charge in [0.1, 0.15) is 5.75 Å². The highest BCUT2D eigenvalue weighted by Crippen LogP contribution is 2.49. The first kappa shape index (κ1) is 21.0. The van der Waals surface area contributed by atoms with Crippen molar-refractivity contribution < 1.29 is 14.3 Å². The van der Waals surface area contributed by atoms with E-state index >= 15 is 0 Å². The van der Waals surface area contributed by atoms with E-state index in [4.69, 9.17) is 27.9 Å². The summed E-state index contributed by atoms with van der Waals surface area (Å²) in [6.45, 7) is 4.11. The van der Waals surface area contributed by atoms with Gasteiger partial charge >= 0.3 is 0 Å². The molecule has 0 fully saturated rings. The van der Waals surface area contributed by atoms with Gasteiger partial charge in [0.25, 0.3) is 0 Å². The van der Waals surface area contributed by atoms with Crippen molar-refractivity contribution in [2.45, 2.75) is 39.0 Å². The second kappa shape index (κ2) is 7.75. The van der Waals surface area contributed by atoms with Crippen molar-refractivity contribution in [1.82, 2.24) is 0 Å². The number of benzene rings is 2. The summed E-state index contributed by atoms with van der Waals surface area (Å²) < 4.78 is 5.54. The lowest BCUT2D eigenvalue weighted by Gasteiger charge is -2.43. The first-order valence-electron chi connectivity index (χ1n) is 9.89. The second-order valence-electron chi connectivity index (χ2n) is 8.63. The Morgan fingerprint density at radius 2 is 1.77 bits per heavy atom. The molecule has 0 N–H and O–H groups in total. The number of nitrogens with zero attached hydrogens (tertiary/aromatic N) is 1. The molecule has 0 bridgehead atoms. The monoisotopic (exact) mass is 443 g/mol. The number of amides is 1. The molecule has 1 unspecified atom stereocenters. The van der Waals surface area contributed by atoms with Crippen LogP contribution in [0, 0.1) is 5.41 Å². The predicted octanol–water partition coefficient (Wildman–Crippen LogP) is 6.17. The molecule has 0 saturated carbocycles. The van der Waals surface area contributed by atoms with Gasteiger partial charge in [-0.05, 0) is 36.1 Å². The van der Waals surface area contributed by atoms with Crippen LogP contribution in [0.15, 0.2) is 53.7 Å². The van der Waals surface area contributed by atoms with E-state index in [1.165, 1.54) is 0 Å². The average Bonchev–Trinajstić information content (AvgIpc) is 2.68. The summed E-state index contributed by atoms with van der Waals surface area (Å²) in [6.07, 6.45) is 1.25. The maximum atomic E-state index is 13.4. The van der Waals surface area contributed by atoms with Gasteiger partial charge in [-0.25, -0.2) is 0 Å². The van der Waals surface area contributed by atoms with Crippen LogP contribution in [0.3, 0.4) is 0 Å². The Morgan fingerprint density at radius 1 is 1.03 bits per heavy atom. The lowest BCUT2D eigenvalue weighted by Crippen LogP contribution is -2.43. The van der Waals surface area contributed by atoms with E-state index in [0.717, 1.165) is 11.3 Å². The van der Waals surface area contributed by atoms with Gasteiger partial charge in [0, 0.05) is 35.6 Å². The number of carbonyl (C=O) groups is 2. The summed E-state index contributed by atoms with van der Waals surface area (Å²) >= 11 is 12.3. The standard InChI is InChI=1S/C24H23Cl2NO3/c1-24(2)12-19-23(20(28)13-24)16(15-6-4-5-7-21(15)30-3)11-22(29)27(19)14-8-9-17(25)18(26)10-14/h4-10,16H,11-13H2,1-3H3. The maximum Gasteiger partial charge on any atom is 0.232 e. The van der Waals surface area contributed by atoms with Crippen molar-refractivity contribution >= 4 is 40.6 Å². The van der Waals surface area contributed by atoms with Gasteiger partial charge in [0.15, 0.2) is 5.78 Å². The van der Waals surface area contributed by atoms with Crippen LogP contribution in [-0.4, -0.2) is 18.8 Å². The molecule has 1 aliphatic heterocycles. The van der Waals surface area contributed by atoms with Crippen LogP contribution in [0.2, 0.25) is 10.0 Å². The third-order valence-corrected chi connectivity index (χ3v) is 6.56. The molecule has 4 rings (SSSR count). The molecule has 2 aromatic carbocycles. The van der Waals surface area contributed by atoms with Crippen LogP contribution in [0.1, 0.15) is 44.6 Å². The summed E-state index contributed by atoms with van der Waals surface area (Å²) in [6, 6.07) is 12.7. The third-order valence-electron chi connectivity index (χ3n) is 5.82. The maximum absolute atomic E-state index is 13.4. The van der Waals surface area contributed by atoms with Crippen LogP contribution in [-0.2, 0) is 9.59 Å². The van der Waals surface area contributed by atoms with Crippen molar-refractivity contribution in [3.8, 4) is 5.75 Å². The first-order chi connectivity index (χ1) is 14.2. The number of methoxy groups -OCH3 is 1. The van der Waals surface area contributed by atoms with E-state index in [1.54, 1.807) is 30.2 Å². The van der Waals surface area contributed by atoms with Crippen molar-refractivity contribution in [3.63, 3.8) is 0 Å². The topological polar surface area (TPSA) is 46.6 Å². The molecule has 0 aromatic heterocycles. The van der Waals surface area contributed by atoms with E-state index in [0.29, 0.717) is 39.9 Å². The highest BCUT2D eigenvalue weighted by molar-refractivity contribution is 6.42. The van der Waals surface area contributed by atoms with Crippen LogP contribution in [0.25, 0.3) is 0 Å². The Labute approximate surface area is 186 Å². The zero-order valence-electron chi connectivity index (χ0n) is 17.2. The number of hydrogen-bond acceptors (Lipinski definition) is 3. The first-order valence-corrected chi connectivity index (χ1v) is 10.6. The fourth-order valence-corrected chi connectivity index (χ4v) is 4.85. The molecule has 4 nitrogen and oxygen atoms in total. The number of para-hydroxylation sites is 1. The number of hydrogen-bond donors (Lipinski definition) is 0. The summed E-state index contributed by atoms with van der Waals surface area (Å²) in [4.78, 5) is 28.4. The quantitative estimate of drug-likeness (QED) is 0.569. The zero-order valence-corrected chi connectivity index (χ0v) is 18.7. The summed E-state index contributed by atoms with van der Waals surface area (Å²) in [5.41, 5.74) is 2.70. The number of anilines is 1. The molecule has 0 spiro atoms. The molecule has 30 heavy (non-hydrogen) atoms. The van der Waals surface area contributed by atoms with Crippen molar-refractivity contribution in [2.75, 3.05) is 12.0 Å². The average molecular weight is 444 g/mol. The molecule has 1 heterocycles. The number of halogens is 2. The lowest BCUT2D eigenvalue weighted by molar-refractivity contribution is -0.121. The Kier molecular flexibility index (Phi) is 5.41. The molecule has 2 aliphatic rings. The second-order valence-corrected chi connectivity index (χ2v) is 9.44. The van der Waals surface area contributed by atoms with Crippen molar-refractivity contribution in [2.24, 2.45) is 5.41 Å². The minimum absolute atomic E-state index is 0.0754.